The molecule has 1 aliphatic heterocycles. The molecule has 7 nitrogen and oxygen atoms in total. The molecule has 0 bridgehead atoms. The van der Waals surface area contributed by atoms with Crippen molar-refractivity contribution in [2.45, 2.75) is 0 Å². The SMILES string of the molecule is COC(=O)c1cc(N2CCOCC2)ccc1NC(=O)c1cc2ccccc2[nH]1. The maximum absolute atomic E-state index is 12.7. The number of morpholine rings is 1. The van der Waals surface area contributed by atoms with E-state index in [1.807, 2.05) is 30.3 Å². The molecule has 3 aromatic rings. The third-order valence-electron chi connectivity index (χ3n) is 4.81. The number of carbonyl (C=O) groups excluding carboxylic acids is 2. The van der Waals surface area contributed by atoms with Crippen LogP contribution in [0.1, 0.15) is 20.8 Å². The fraction of sp³-hybridized carbons (Fsp3) is 0.238. The van der Waals surface area contributed by atoms with Crippen molar-refractivity contribution in [3.63, 3.8) is 0 Å². The van der Waals surface area contributed by atoms with Gasteiger partial charge in [0.05, 0.1) is 31.6 Å². The molecule has 0 saturated carbocycles. The number of nitrogens with zero attached hydrogens (tertiary/aromatic N) is 1. The normalized spacial score (nSPS) is 14.1. The van der Waals surface area contributed by atoms with Crippen LogP contribution in [-0.4, -0.2) is 50.3 Å². The average molecular weight is 379 g/mol. The van der Waals surface area contributed by atoms with E-state index in [0.717, 1.165) is 29.7 Å². The zero-order valence-corrected chi connectivity index (χ0v) is 15.5. The van der Waals surface area contributed by atoms with Crippen molar-refractivity contribution in [1.82, 2.24) is 4.98 Å². The number of nitrogens with one attached hydrogen (secondary N) is 2. The van der Waals surface area contributed by atoms with Gasteiger partial charge >= 0.3 is 5.97 Å². The van der Waals surface area contributed by atoms with Crippen LogP contribution in [0.2, 0.25) is 0 Å². The lowest BCUT2D eigenvalue weighted by atomic mass is 10.1. The average Bonchev–Trinajstić information content (AvgIpc) is 3.18. The highest BCUT2D eigenvalue weighted by molar-refractivity contribution is 6.09. The molecule has 7 heteroatoms. The molecule has 4 rings (SSSR count). The van der Waals surface area contributed by atoms with Gasteiger partial charge in [-0.1, -0.05) is 18.2 Å². The fourth-order valence-corrected chi connectivity index (χ4v) is 3.32. The molecular weight excluding hydrogens is 358 g/mol. The number of esters is 1. The van der Waals surface area contributed by atoms with E-state index in [-0.39, 0.29) is 5.91 Å². The quantitative estimate of drug-likeness (QED) is 0.681. The van der Waals surface area contributed by atoms with E-state index in [2.05, 4.69) is 15.2 Å². The zero-order chi connectivity index (χ0) is 19.5. The molecule has 2 aromatic carbocycles. The van der Waals surface area contributed by atoms with Crippen LogP contribution in [0.15, 0.2) is 48.5 Å². The van der Waals surface area contributed by atoms with Crippen LogP contribution >= 0.6 is 0 Å². The van der Waals surface area contributed by atoms with Crippen molar-refractivity contribution in [2.24, 2.45) is 0 Å². The second-order valence-corrected chi connectivity index (χ2v) is 6.55. The largest absolute Gasteiger partial charge is 0.465 e. The summed E-state index contributed by atoms with van der Waals surface area (Å²) in [5, 5.41) is 3.77. The van der Waals surface area contributed by atoms with Gasteiger partial charge in [-0.15, -0.1) is 0 Å². The Morgan fingerprint density at radius 2 is 1.89 bits per heavy atom. The van der Waals surface area contributed by atoms with E-state index < -0.39 is 5.97 Å². The van der Waals surface area contributed by atoms with E-state index in [1.165, 1.54) is 7.11 Å². The number of fused-ring (bicyclic) bond motifs is 1. The van der Waals surface area contributed by atoms with E-state index in [4.69, 9.17) is 9.47 Å². The molecule has 1 aliphatic rings. The van der Waals surface area contributed by atoms with Crippen LogP contribution < -0.4 is 10.2 Å². The minimum absolute atomic E-state index is 0.316. The molecule has 0 aliphatic carbocycles. The van der Waals surface area contributed by atoms with Crippen molar-refractivity contribution in [3.05, 3.63) is 59.8 Å². The molecule has 0 spiro atoms. The minimum Gasteiger partial charge on any atom is -0.465 e. The van der Waals surface area contributed by atoms with Gasteiger partial charge in [0.1, 0.15) is 5.69 Å². The van der Waals surface area contributed by atoms with Crippen LogP contribution in [0.5, 0.6) is 0 Å². The predicted octanol–water partition coefficient (Wildman–Crippen LogP) is 3.04. The standard InChI is InChI=1S/C21H21N3O4/c1-27-21(26)16-13-15(24-8-10-28-11-9-24)6-7-18(16)23-20(25)19-12-14-4-2-3-5-17(14)22-19/h2-7,12-13,22H,8-11H2,1H3,(H,23,25). The minimum atomic E-state index is -0.498. The van der Waals surface area contributed by atoms with Gasteiger partial charge in [-0.05, 0) is 30.3 Å². The Balaban J connectivity index is 1.62. The second-order valence-electron chi connectivity index (χ2n) is 6.55. The molecule has 1 aromatic heterocycles. The predicted molar refractivity (Wildman–Crippen MR) is 107 cm³/mol. The third-order valence-corrected chi connectivity index (χ3v) is 4.81. The first kappa shape index (κ1) is 18.1. The van der Waals surface area contributed by atoms with Gasteiger partial charge in [-0.2, -0.15) is 0 Å². The fourth-order valence-electron chi connectivity index (χ4n) is 3.32. The van der Waals surface area contributed by atoms with Crippen LogP contribution in [0.25, 0.3) is 10.9 Å². The highest BCUT2D eigenvalue weighted by Gasteiger charge is 2.19. The van der Waals surface area contributed by atoms with Gasteiger partial charge in [-0.3, -0.25) is 4.79 Å². The topological polar surface area (TPSA) is 83.7 Å². The number of hydrogen-bond donors (Lipinski definition) is 2. The second kappa shape index (κ2) is 7.74. The first-order chi connectivity index (χ1) is 13.7. The van der Waals surface area contributed by atoms with E-state index in [0.29, 0.717) is 30.2 Å². The molecule has 0 atom stereocenters. The molecule has 1 fully saturated rings. The summed E-state index contributed by atoms with van der Waals surface area (Å²) < 4.78 is 10.3. The number of methoxy groups -OCH3 is 1. The van der Waals surface area contributed by atoms with Gasteiger partial charge in [-0.25, -0.2) is 4.79 Å². The molecule has 0 radical (unpaired) electrons. The first-order valence-corrected chi connectivity index (χ1v) is 9.10. The van der Waals surface area contributed by atoms with E-state index in [9.17, 15) is 9.59 Å². The number of aromatic nitrogens is 1. The maximum atomic E-state index is 12.7. The molecular formula is C21H21N3O4. The number of H-pyrrole nitrogens is 1. The summed E-state index contributed by atoms with van der Waals surface area (Å²) in [5.41, 5.74) is 2.92. The van der Waals surface area contributed by atoms with Gasteiger partial charge in [0.25, 0.3) is 5.91 Å². The van der Waals surface area contributed by atoms with E-state index in [1.54, 1.807) is 18.2 Å². The third kappa shape index (κ3) is 3.57. The monoisotopic (exact) mass is 379 g/mol. The molecule has 1 amide bonds. The summed E-state index contributed by atoms with van der Waals surface area (Å²) in [6.45, 7) is 2.79. The Hall–Kier alpha value is -3.32. The first-order valence-electron chi connectivity index (χ1n) is 9.10. The highest BCUT2D eigenvalue weighted by atomic mass is 16.5. The van der Waals surface area contributed by atoms with Crippen molar-refractivity contribution >= 4 is 34.2 Å². The number of rotatable bonds is 4. The Morgan fingerprint density at radius 1 is 1.11 bits per heavy atom. The molecule has 28 heavy (non-hydrogen) atoms. The number of para-hydroxylation sites is 1. The molecule has 144 valence electrons. The van der Waals surface area contributed by atoms with Gasteiger partial charge in [0, 0.05) is 29.7 Å². The smallest absolute Gasteiger partial charge is 0.340 e. The Labute approximate surface area is 162 Å². The van der Waals surface area contributed by atoms with Gasteiger partial charge in [0.15, 0.2) is 0 Å². The Bertz CT molecular complexity index is 988. The summed E-state index contributed by atoms with van der Waals surface area (Å²) in [6.07, 6.45) is 0. The highest BCUT2D eigenvalue weighted by Crippen LogP contribution is 2.26. The molecule has 0 unspecified atom stereocenters. The summed E-state index contributed by atoms with van der Waals surface area (Å²) in [5.74, 6) is -0.817. The summed E-state index contributed by atoms with van der Waals surface area (Å²) in [6, 6.07) is 14.8. The van der Waals surface area contributed by atoms with Crippen LogP contribution in [-0.2, 0) is 9.47 Å². The number of ether oxygens (including phenoxy) is 2. The van der Waals surface area contributed by atoms with Gasteiger partial charge < -0.3 is 24.7 Å². The van der Waals surface area contributed by atoms with Crippen molar-refractivity contribution < 1.29 is 19.1 Å². The summed E-state index contributed by atoms with van der Waals surface area (Å²) >= 11 is 0. The van der Waals surface area contributed by atoms with Crippen LogP contribution in [0.3, 0.4) is 0 Å². The lowest BCUT2D eigenvalue weighted by molar-refractivity contribution is 0.0602. The maximum Gasteiger partial charge on any atom is 0.340 e. The Morgan fingerprint density at radius 3 is 2.64 bits per heavy atom. The summed E-state index contributed by atoms with van der Waals surface area (Å²) in [7, 11) is 1.33. The zero-order valence-electron chi connectivity index (χ0n) is 15.5. The van der Waals surface area contributed by atoms with Crippen molar-refractivity contribution in [1.29, 1.82) is 0 Å². The lowest BCUT2D eigenvalue weighted by Crippen LogP contribution is -2.36. The number of aromatic amines is 1. The molecule has 2 heterocycles. The van der Waals surface area contributed by atoms with E-state index >= 15 is 0 Å². The van der Waals surface area contributed by atoms with Crippen LogP contribution in [0.4, 0.5) is 11.4 Å². The molecule has 2 N–H and O–H groups in total. The summed E-state index contributed by atoms with van der Waals surface area (Å²) in [4.78, 5) is 30.2. The number of amides is 1. The van der Waals surface area contributed by atoms with Gasteiger partial charge in [0.2, 0.25) is 0 Å². The van der Waals surface area contributed by atoms with Crippen molar-refractivity contribution in [3.8, 4) is 0 Å². The number of hydrogen-bond acceptors (Lipinski definition) is 5. The Kier molecular flexibility index (Phi) is 4.99. The van der Waals surface area contributed by atoms with Crippen molar-refractivity contribution in [2.75, 3.05) is 43.6 Å². The number of anilines is 2. The number of benzene rings is 2. The number of carbonyl (C=O) groups is 2. The van der Waals surface area contributed by atoms with Crippen LogP contribution in [0, 0.1) is 0 Å². The molecule has 1 saturated heterocycles. The lowest BCUT2D eigenvalue weighted by Gasteiger charge is -2.29.